The van der Waals surface area contributed by atoms with Crippen molar-refractivity contribution >= 4 is 12.1 Å². The van der Waals surface area contributed by atoms with Crippen molar-refractivity contribution in [3.63, 3.8) is 0 Å². The molecule has 96 valence electrons. The molecule has 1 aliphatic rings. The minimum Gasteiger partial charge on any atom is -0.507 e. The monoisotopic (exact) mass is 247 g/mol. The van der Waals surface area contributed by atoms with Crippen molar-refractivity contribution in [2.75, 3.05) is 19.6 Å². The molecule has 1 aromatic rings. The Labute approximate surface area is 106 Å². The quantitative estimate of drug-likeness (QED) is 0.614. The van der Waals surface area contributed by atoms with Gasteiger partial charge in [0.05, 0.1) is 12.8 Å². The van der Waals surface area contributed by atoms with Gasteiger partial charge in [-0.3, -0.25) is 9.69 Å². The van der Waals surface area contributed by atoms with Crippen molar-refractivity contribution in [3.8, 4) is 5.75 Å². The molecule has 2 N–H and O–H groups in total. The Balaban J connectivity index is 1.80. The molecule has 1 aromatic carbocycles. The van der Waals surface area contributed by atoms with E-state index in [4.69, 9.17) is 0 Å². The highest BCUT2D eigenvalue weighted by atomic mass is 16.3. The lowest BCUT2D eigenvalue weighted by Crippen LogP contribution is -2.33. The summed E-state index contributed by atoms with van der Waals surface area (Å²) in [6, 6.07) is 6.84. The molecule has 1 heterocycles. The number of nitrogens with zero attached hydrogens (tertiary/aromatic N) is 2. The topological polar surface area (TPSA) is 64.9 Å². The number of phenolic OH excluding ortho intramolecular Hbond substituents is 1. The van der Waals surface area contributed by atoms with Gasteiger partial charge in [-0.15, -0.1) is 0 Å². The molecule has 0 radical (unpaired) electrons. The number of carbonyl (C=O) groups is 1. The van der Waals surface area contributed by atoms with E-state index in [-0.39, 0.29) is 11.7 Å². The van der Waals surface area contributed by atoms with Crippen LogP contribution in [0.3, 0.4) is 0 Å². The summed E-state index contributed by atoms with van der Waals surface area (Å²) in [4.78, 5) is 13.6. The zero-order valence-corrected chi connectivity index (χ0v) is 10.2. The number of hydrazone groups is 1. The molecule has 2 rings (SSSR count). The number of hydrogen-bond donors (Lipinski definition) is 2. The van der Waals surface area contributed by atoms with E-state index in [1.165, 1.54) is 6.21 Å². The van der Waals surface area contributed by atoms with Crippen LogP contribution in [0, 0.1) is 0 Å². The van der Waals surface area contributed by atoms with Crippen LogP contribution in [0.4, 0.5) is 0 Å². The normalized spacial score (nSPS) is 16.2. The lowest BCUT2D eigenvalue weighted by atomic mass is 10.2. The summed E-state index contributed by atoms with van der Waals surface area (Å²) >= 11 is 0. The summed E-state index contributed by atoms with van der Waals surface area (Å²) in [7, 11) is 0. The van der Waals surface area contributed by atoms with Gasteiger partial charge >= 0.3 is 0 Å². The second-order valence-corrected chi connectivity index (χ2v) is 4.34. The molecule has 0 saturated carbocycles. The Bertz CT molecular complexity index is 440. The van der Waals surface area contributed by atoms with Gasteiger partial charge in [0, 0.05) is 5.56 Å². The van der Waals surface area contributed by atoms with Crippen molar-refractivity contribution in [1.29, 1.82) is 0 Å². The summed E-state index contributed by atoms with van der Waals surface area (Å²) < 4.78 is 0. The highest BCUT2D eigenvalue weighted by Gasteiger charge is 2.14. The van der Waals surface area contributed by atoms with Crippen molar-refractivity contribution < 1.29 is 9.90 Å². The number of para-hydroxylation sites is 1. The minimum absolute atomic E-state index is 0.122. The van der Waals surface area contributed by atoms with E-state index in [0.717, 1.165) is 25.9 Å². The molecular weight excluding hydrogens is 230 g/mol. The maximum Gasteiger partial charge on any atom is 0.254 e. The van der Waals surface area contributed by atoms with Crippen LogP contribution in [0.15, 0.2) is 29.4 Å². The van der Waals surface area contributed by atoms with Crippen LogP contribution in [-0.4, -0.2) is 41.8 Å². The molecule has 0 spiro atoms. The van der Waals surface area contributed by atoms with Gasteiger partial charge in [0.2, 0.25) is 0 Å². The molecule has 0 bridgehead atoms. The summed E-state index contributed by atoms with van der Waals surface area (Å²) in [5.74, 6) is 0.0265. The van der Waals surface area contributed by atoms with Crippen LogP contribution in [-0.2, 0) is 4.79 Å². The summed E-state index contributed by atoms with van der Waals surface area (Å²) in [5, 5.41) is 13.3. The summed E-state index contributed by atoms with van der Waals surface area (Å²) in [6.07, 6.45) is 3.76. The highest BCUT2D eigenvalue weighted by molar-refractivity contribution is 5.85. The molecule has 5 heteroatoms. The zero-order chi connectivity index (χ0) is 12.8. The molecule has 0 aliphatic carbocycles. The lowest BCUT2D eigenvalue weighted by Gasteiger charge is -2.12. The number of aromatic hydroxyl groups is 1. The SMILES string of the molecule is O=C(CN1CCCC1)NN=Cc1ccccc1O. The van der Waals surface area contributed by atoms with Crippen LogP contribution in [0.1, 0.15) is 18.4 Å². The first kappa shape index (κ1) is 12.6. The molecule has 0 aromatic heterocycles. The number of likely N-dealkylation sites (tertiary alicyclic amines) is 1. The van der Waals surface area contributed by atoms with Crippen LogP contribution < -0.4 is 5.43 Å². The third-order valence-electron chi connectivity index (χ3n) is 2.90. The Kier molecular flexibility index (Phi) is 4.30. The maximum absolute atomic E-state index is 11.5. The number of hydrogen-bond acceptors (Lipinski definition) is 4. The summed E-state index contributed by atoms with van der Waals surface area (Å²) in [6.45, 7) is 2.35. The Hall–Kier alpha value is -1.88. The van der Waals surface area contributed by atoms with Crippen LogP contribution in [0.25, 0.3) is 0 Å². The van der Waals surface area contributed by atoms with E-state index in [1.54, 1.807) is 24.3 Å². The summed E-state index contributed by atoms with van der Waals surface area (Å²) in [5.41, 5.74) is 3.05. The van der Waals surface area contributed by atoms with Gasteiger partial charge < -0.3 is 5.11 Å². The fourth-order valence-electron chi connectivity index (χ4n) is 1.95. The molecule has 0 unspecified atom stereocenters. The first-order valence-electron chi connectivity index (χ1n) is 6.08. The van der Waals surface area contributed by atoms with Crippen molar-refractivity contribution in [1.82, 2.24) is 10.3 Å². The fourth-order valence-corrected chi connectivity index (χ4v) is 1.95. The standard InChI is InChI=1S/C13H17N3O2/c17-12-6-2-1-5-11(12)9-14-15-13(18)10-16-7-3-4-8-16/h1-2,5-6,9,17H,3-4,7-8,10H2,(H,15,18). The molecule has 5 nitrogen and oxygen atoms in total. The van der Waals surface area contributed by atoms with E-state index in [0.29, 0.717) is 12.1 Å². The first-order valence-corrected chi connectivity index (χ1v) is 6.08. The predicted octanol–water partition coefficient (Wildman–Crippen LogP) is 0.938. The van der Waals surface area contributed by atoms with E-state index in [9.17, 15) is 9.90 Å². The van der Waals surface area contributed by atoms with Gasteiger partial charge in [-0.05, 0) is 38.1 Å². The van der Waals surface area contributed by atoms with Gasteiger partial charge in [0.1, 0.15) is 5.75 Å². The fraction of sp³-hybridized carbons (Fsp3) is 0.385. The van der Waals surface area contributed by atoms with Crippen LogP contribution in [0.5, 0.6) is 5.75 Å². The molecule has 1 fully saturated rings. The van der Waals surface area contributed by atoms with Crippen molar-refractivity contribution in [2.45, 2.75) is 12.8 Å². The third-order valence-corrected chi connectivity index (χ3v) is 2.90. The molecule has 1 amide bonds. The number of nitrogens with one attached hydrogen (secondary N) is 1. The largest absolute Gasteiger partial charge is 0.507 e. The average Bonchev–Trinajstić information content (AvgIpc) is 2.84. The molecule has 1 saturated heterocycles. The smallest absolute Gasteiger partial charge is 0.254 e. The predicted molar refractivity (Wildman–Crippen MR) is 69.5 cm³/mol. The Morgan fingerprint density at radius 2 is 2.11 bits per heavy atom. The van der Waals surface area contributed by atoms with Gasteiger partial charge in [-0.1, -0.05) is 12.1 Å². The minimum atomic E-state index is -0.122. The average molecular weight is 247 g/mol. The third kappa shape index (κ3) is 3.56. The Morgan fingerprint density at radius 1 is 1.39 bits per heavy atom. The van der Waals surface area contributed by atoms with Crippen LogP contribution >= 0.6 is 0 Å². The number of carbonyl (C=O) groups excluding carboxylic acids is 1. The van der Waals surface area contributed by atoms with E-state index in [1.807, 2.05) is 0 Å². The second-order valence-electron chi connectivity index (χ2n) is 4.34. The van der Waals surface area contributed by atoms with E-state index < -0.39 is 0 Å². The molecular formula is C13H17N3O2. The molecule has 18 heavy (non-hydrogen) atoms. The first-order chi connectivity index (χ1) is 8.75. The van der Waals surface area contributed by atoms with Gasteiger partial charge in [0.25, 0.3) is 5.91 Å². The van der Waals surface area contributed by atoms with Crippen molar-refractivity contribution in [2.24, 2.45) is 5.10 Å². The number of phenols is 1. The van der Waals surface area contributed by atoms with E-state index in [2.05, 4.69) is 15.4 Å². The number of amides is 1. The Morgan fingerprint density at radius 3 is 2.83 bits per heavy atom. The van der Waals surface area contributed by atoms with Gasteiger partial charge in [0.15, 0.2) is 0 Å². The molecule has 1 aliphatic heterocycles. The second kappa shape index (κ2) is 6.16. The van der Waals surface area contributed by atoms with Gasteiger partial charge in [-0.2, -0.15) is 5.10 Å². The zero-order valence-electron chi connectivity index (χ0n) is 10.2. The highest BCUT2D eigenvalue weighted by Crippen LogP contribution is 2.12. The lowest BCUT2D eigenvalue weighted by molar-refractivity contribution is -0.121. The molecule has 0 atom stereocenters. The van der Waals surface area contributed by atoms with Crippen molar-refractivity contribution in [3.05, 3.63) is 29.8 Å². The number of rotatable bonds is 4. The maximum atomic E-state index is 11.5. The van der Waals surface area contributed by atoms with Crippen LogP contribution in [0.2, 0.25) is 0 Å². The van der Waals surface area contributed by atoms with Gasteiger partial charge in [-0.25, -0.2) is 5.43 Å². The number of benzene rings is 1. The van der Waals surface area contributed by atoms with E-state index >= 15 is 0 Å².